The van der Waals surface area contributed by atoms with E-state index in [0.717, 1.165) is 31.6 Å². The molecule has 3 heteroatoms. The van der Waals surface area contributed by atoms with Crippen LogP contribution in [0.15, 0.2) is 24.3 Å². The molecule has 1 fully saturated rings. The zero-order valence-corrected chi connectivity index (χ0v) is 10.1. The molecule has 0 bridgehead atoms. The predicted octanol–water partition coefficient (Wildman–Crippen LogP) is 3.13. The Balaban J connectivity index is 1.93. The number of hydrogen-bond acceptors (Lipinski definition) is 1. The Hall–Kier alpha value is -1.38. The molecule has 0 spiro atoms. The average Bonchev–Trinajstić information content (AvgIpc) is 2.32. The first-order valence-electron chi connectivity index (χ1n) is 6.21. The molecule has 2 nitrogen and oxygen atoms in total. The minimum Gasteiger partial charge on any atom is -0.349 e. The highest BCUT2D eigenvalue weighted by Gasteiger charge is 2.20. The van der Waals surface area contributed by atoms with Gasteiger partial charge in [-0.3, -0.25) is 4.79 Å². The molecule has 0 aromatic heterocycles. The zero-order valence-electron chi connectivity index (χ0n) is 10.1. The maximum Gasteiger partial charge on any atom is 0.251 e. The second-order valence-corrected chi connectivity index (χ2v) is 4.94. The maximum absolute atomic E-state index is 13.0. The molecule has 2 rings (SSSR count). The molecular weight excluding hydrogens is 217 g/mol. The summed E-state index contributed by atoms with van der Waals surface area (Å²) in [4.78, 5) is 11.9. The van der Waals surface area contributed by atoms with Gasteiger partial charge in [0.2, 0.25) is 0 Å². The SMILES string of the molecule is CC1CCC(NC(=O)c2cccc(F)c2)CC1. The Kier molecular flexibility index (Phi) is 3.77. The highest BCUT2D eigenvalue weighted by atomic mass is 19.1. The Morgan fingerprint density at radius 2 is 2.00 bits per heavy atom. The molecule has 0 saturated heterocycles. The van der Waals surface area contributed by atoms with Crippen LogP contribution in [0.1, 0.15) is 43.0 Å². The van der Waals surface area contributed by atoms with Crippen molar-refractivity contribution in [1.82, 2.24) is 5.32 Å². The molecule has 1 aromatic rings. The standard InChI is InChI=1S/C14H18FNO/c1-10-5-7-13(8-6-10)16-14(17)11-3-2-4-12(15)9-11/h2-4,9-10,13H,5-8H2,1H3,(H,16,17). The fourth-order valence-electron chi connectivity index (χ4n) is 2.30. The zero-order chi connectivity index (χ0) is 12.3. The van der Waals surface area contributed by atoms with Crippen molar-refractivity contribution in [2.75, 3.05) is 0 Å². The largest absolute Gasteiger partial charge is 0.349 e. The molecule has 1 aliphatic rings. The summed E-state index contributed by atoms with van der Waals surface area (Å²) in [5, 5.41) is 2.98. The normalized spacial score (nSPS) is 24.4. The van der Waals surface area contributed by atoms with Crippen LogP contribution in [0, 0.1) is 11.7 Å². The first-order valence-corrected chi connectivity index (χ1v) is 6.21. The first kappa shape index (κ1) is 12.1. The maximum atomic E-state index is 13.0. The molecule has 0 unspecified atom stereocenters. The Morgan fingerprint density at radius 3 is 2.65 bits per heavy atom. The van der Waals surface area contributed by atoms with Gasteiger partial charge in [0.15, 0.2) is 0 Å². The Morgan fingerprint density at radius 1 is 1.29 bits per heavy atom. The van der Waals surface area contributed by atoms with Gasteiger partial charge in [0, 0.05) is 11.6 Å². The molecule has 1 N–H and O–H groups in total. The number of amides is 1. The van der Waals surface area contributed by atoms with E-state index in [2.05, 4.69) is 12.2 Å². The lowest BCUT2D eigenvalue weighted by molar-refractivity contribution is 0.0922. The van der Waals surface area contributed by atoms with E-state index in [-0.39, 0.29) is 17.8 Å². The molecule has 0 heterocycles. The smallest absolute Gasteiger partial charge is 0.251 e. The van der Waals surface area contributed by atoms with Gasteiger partial charge in [0.25, 0.3) is 5.91 Å². The van der Waals surface area contributed by atoms with E-state index in [1.807, 2.05) is 0 Å². The van der Waals surface area contributed by atoms with Crippen molar-refractivity contribution >= 4 is 5.91 Å². The van der Waals surface area contributed by atoms with Crippen molar-refractivity contribution < 1.29 is 9.18 Å². The third-order valence-corrected chi connectivity index (χ3v) is 3.44. The summed E-state index contributed by atoms with van der Waals surface area (Å²) in [6.07, 6.45) is 4.38. The number of nitrogens with one attached hydrogen (secondary N) is 1. The predicted molar refractivity (Wildman–Crippen MR) is 65.3 cm³/mol. The molecule has 17 heavy (non-hydrogen) atoms. The fourth-order valence-corrected chi connectivity index (χ4v) is 2.30. The van der Waals surface area contributed by atoms with Crippen LogP contribution in [0.2, 0.25) is 0 Å². The van der Waals surface area contributed by atoms with Crippen molar-refractivity contribution in [3.8, 4) is 0 Å². The second kappa shape index (κ2) is 5.30. The topological polar surface area (TPSA) is 29.1 Å². The van der Waals surface area contributed by atoms with Gasteiger partial charge in [0.1, 0.15) is 5.82 Å². The summed E-state index contributed by atoms with van der Waals surface area (Å²) in [5.74, 6) is 0.233. The fraction of sp³-hybridized carbons (Fsp3) is 0.500. The van der Waals surface area contributed by atoms with Crippen LogP contribution < -0.4 is 5.32 Å². The summed E-state index contributed by atoms with van der Waals surface area (Å²) in [7, 11) is 0. The number of benzene rings is 1. The van der Waals surface area contributed by atoms with Gasteiger partial charge in [0.05, 0.1) is 0 Å². The number of hydrogen-bond donors (Lipinski definition) is 1. The molecule has 1 aromatic carbocycles. The molecule has 92 valence electrons. The molecule has 0 atom stereocenters. The van der Waals surface area contributed by atoms with E-state index in [4.69, 9.17) is 0 Å². The quantitative estimate of drug-likeness (QED) is 0.838. The monoisotopic (exact) mass is 235 g/mol. The average molecular weight is 235 g/mol. The molecule has 0 aliphatic heterocycles. The summed E-state index contributed by atoms with van der Waals surface area (Å²) >= 11 is 0. The van der Waals surface area contributed by atoms with Crippen LogP contribution in [0.25, 0.3) is 0 Å². The molecule has 1 amide bonds. The van der Waals surface area contributed by atoms with Gasteiger partial charge in [-0.1, -0.05) is 13.0 Å². The van der Waals surface area contributed by atoms with Crippen molar-refractivity contribution in [3.63, 3.8) is 0 Å². The minimum absolute atomic E-state index is 0.163. The number of carbonyl (C=O) groups excluding carboxylic acids is 1. The van der Waals surface area contributed by atoms with Crippen LogP contribution in [0.3, 0.4) is 0 Å². The summed E-state index contributed by atoms with van der Waals surface area (Å²) in [6.45, 7) is 2.24. The van der Waals surface area contributed by atoms with Crippen molar-refractivity contribution in [3.05, 3.63) is 35.6 Å². The highest BCUT2D eigenvalue weighted by molar-refractivity contribution is 5.94. The summed E-state index contributed by atoms with van der Waals surface area (Å²) in [6, 6.07) is 6.08. The van der Waals surface area contributed by atoms with Gasteiger partial charge in [-0.25, -0.2) is 4.39 Å². The Bertz CT molecular complexity index is 397. The van der Waals surface area contributed by atoms with Crippen molar-refractivity contribution in [2.24, 2.45) is 5.92 Å². The molecule has 1 saturated carbocycles. The van der Waals surface area contributed by atoms with Gasteiger partial charge in [-0.2, -0.15) is 0 Å². The lowest BCUT2D eigenvalue weighted by atomic mass is 9.87. The van der Waals surface area contributed by atoms with E-state index >= 15 is 0 Å². The molecular formula is C14H18FNO. The van der Waals surface area contributed by atoms with Crippen molar-refractivity contribution in [2.45, 2.75) is 38.6 Å². The summed E-state index contributed by atoms with van der Waals surface area (Å²) < 4.78 is 13.0. The van der Waals surface area contributed by atoms with Crippen LogP contribution >= 0.6 is 0 Å². The second-order valence-electron chi connectivity index (χ2n) is 4.94. The van der Waals surface area contributed by atoms with Gasteiger partial charge >= 0.3 is 0 Å². The van der Waals surface area contributed by atoms with Crippen LogP contribution in [0.5, 0.6) is 0 Å². The van der Waals surface area contributed by atoms with E-state index in [1.54, 1.807) is 12.1 Å². The van der Waals surface area contributed by atoms with E-state index in [9.17, 15) is 9.18 Å². The summed E-state index contributed by atoms with van der Waals surface area (Å²) in [5.41, 5.74) is 0.406. The third kappa shape index (κ3) is 3.29. The highest BCUT2D eigenvalue weighted by Crippen LogP contribution is 2.23. The molecule has 0 radical (unpaired) electrons. The lowest BCUT2D eigenvalue weighted by Crippen LogP contribution is -2.37. The Labute approximate surface area is 101 Å². The van der Waals surface area contributed by atoms with E-state index in [0.29, 0.717) is 5.56 Å². The lowest BCUT2D eigenvalue weighted by Gasteiger charge is -2.26. The van der Waals surface area contributed by atoms with Crippen LogP contribution in [-0.4, -0.2) is 11.9 Å². The van der Waals surface area contributed by atoms with Crippen LogP contribution in [-0.2, 0) is 0 Å². The van der Waals surface area contributed by atoms with E-state index in [1.165, 1.54) is 12.1 Å². The number of halogens is 1. The molecule has 1 aliphatic carbocycles. The van der Waals surface area contributed by atoms with Crippen molar-refractivity contribution in [1.29, 1.82) is 0 Å². The van der Waals surface area contributed by atoms with Gasteiger partial charge < -0.3 is 5.32 Å². The van der Waals surface area contributed by atoms with Crippen LogP contribution in [0.4, 0.5) is 4.39 Å². The van der Waals surface area contributed by atoms with Gasteiger partial charge in [-0.05, 0) is 49.8 Å². The first-order chi connectivity index (χ1) is 8.15. The number of rotatable bonds is 2. The third-order valence-electron chi connectivity index (χ3n) is 3.44. The van der Waals surface area contributed by atoms with Gasteiger partial charge in [-0.15, -0.1) is 0 Å². The van der Waals surface area contributed by atoms with E-state index < -0.39 is 0 Å². The minimum atomic E-state index is -0.366. The number of carbonyl (C=O) groups is 1.